The summed E-state index contributed by atoms with van der Waals surface area (Å²) in [6.07, 6.45) is -2.54. The standard InChI is InChI=1S/C16H15F2O/c1-3-19-13-7-8-14(15(10-13)16(17)18)12-6-4-5-11(2)9-12/h4-8,10,16H,3H2,1-2H3. The summed E-state index contributed by atoms with van der Waals surface area (Å²) >= 11 is 0. The maximum atomic E-state index is 13.2. The van der Waals surface area contributed by atoms with Crippen LogP contribution in [0.5, 0.6) is 5.75 Å². The monoisotopic (exact) mass is 261 g/mol. The first-order valence-electron chi connectivity index (χ1n) is 6.16. The van der Waals surface area contributed by atoms with Crippen molar-refractivity contribution in [1.82, 2.24) is 0 Å². The van der Waals surface area contributed by atoms with Crippen molar-refractivity contribution < 1.29 is 13.5 Å². The van der Waals surface area contributed by atoms with E-state index in [2.05, 4.69) is 6.07 Å². The van der Waals surface area contributed by atoms with E-state index in [1.54, 1.807) is 18.2 Å². The molecule has 2 rings (SSSR count). The van der Waals surface area contributed by atoms with E-state index in [4.69, 9.17) is 4.74 Å². The van der Waals surface area contributed by atoms with Crippen LogP contribution in [-0.4, -0.2) is 6.61 Å². The molecule has 0 bridgehead atoms. The summed E-state index contributed by atoms with van der Waals surface area (Å²) in [5.74, 6) is 0.467. The van der Waals surface area contributed by atoms with Crippen LogP contribution in [0.15, 0.2) is 36.4 Å². The number of rotatable bonds is 4. The molecule has 0 aromatic heterocycles. The zero-order valence-corrected chi connectivity index (χ0v) is 10.9. The minimum absolute atomic E-state index is 0.0206. The van der Waals surface area contributed by atoms with Crippen molar-refractivity contribution in [1.29, 1.82) is 0 Å². The average Bonchev–Trinajstić information content (AvgIpc) is 2.39. The number of ether oxygens (including phenoxy) is 1. The molecule has 0 unspecified atom stereocenters. The topological polar surface area (TPSA) is 9.23 Å². The minimum atomic E-state index is -2.54. The zero-order valence-electron chi connectivity index (χ0n) is 10.9. The van der Waals surface area contributed by atoms with Crippen molar-refractivity contribution in [3.8, 4) is 16.9 Å². The van der Waals surface area contributed by atoms with Crippen LogP contribution in [0.4, 0.5) is 8.78 Å². The molecule has 0 saturated heterocycles. The normalized spacial score (nSPS) is 10.8. The Bertz CT molecular complexity index is 564. The van der Waals surface area contributed by atoms with Crippen LogP contribution in [0.2, 0.25) is 0 Å². The molecule has 0 spiro atoms. The van der Waals surface area contributed by atoms with E-state index in [9.17, 15) is 8.78 Å². The number of hydrogen-bond donors (Lipinski definition) is 0. The van der Waals surface area contributed by atoms with E-state index < -0.39 is 6.43 Å². The third-order valence-corrected chi connectivity index (χ3v) is 2.80. The summed E-state index contributed by atoms with van der Waals surface area (Å²) in [6, 6.07) is 13.4. The number of benzene rings is 2. The van der Waals surface area contributed by atoms with Crippen molar-refractivity contribution in [2.75, 3.05) is 6.61 Å². The smallest absolute Gasteiger partial charge is 0.264 e. The summed E-state index contributed by atoms with van der Waals surface area (Å²) in [7, 11) is 0. The van der Waals surface area contributed by atoms with Gasteiger partial charge in [-0.25, -0.2) is 8.78 Å². The van der Waals surface area contributed by atoms with Gasteiger partial charge in [0, 0.05) is 5.56 Å². The Labute approximate surface area is 111 Å². The first kappa shape index (κ1) is 13.5. The highest BCUT2D eigenvalue weighted by Gasteiger charge is 2.15. The lowest BCUT2D eigenvalue weighted by Crippen LogP contribution is -1.96. The second-order valence-corrected chi connectivity index (χ2v) is 4.23. The first-order chi connectivity index (χ1) is 9.11. The number of aryl methyl sites for hydroxylation is 1. The van der Waals surface area contributed by atoms with Gasteiger partial charge in [-0.1, -0.05) is 24.3 Å². The van der Waals surface area contributed by atoms with E-state index in [1.807, 2.05) is 26.0 Å². The molecular weight excluding hydrogens is 246 g/mol. The second kappa shape index (κ2) is 5.83. The Balaban J connectivity index is 2.50. The predicted octanol–water partition coefficient (Wildman–Crippen LogP) is 4.80. The summed E-state index contributed by atoms with van der Waals surface area (Å²) < 4.78 is 31.6. The van der Waals surface area contributed by atoms with Gasteiger partial charge in [0.05, 0.1) is 6.61 Å². The van der Waals surface area contributed by atoms with Crippen molar-refractivity contribution in [3.63, 3.8) is 0 Å². The lowest BCUT2D eigenvalue weighted by molar-refractivity contribution is 0.151. The molecule has 0 amide bonds. The Morgan fingerprint density at radius 3 is 2.63 bits per heavy atom. The Morgan fingerprint density at radius 1 is 1.21 bits per heavy atom. The largest absolute Gasteiger partial charge is 0.494 e. The second-order valence-electron chi connectivity index (χ2n) is 4.23. The fraction of sp³-hybridized carbons (Fsp3) is 0.250. The maximum absolute atomic E-state index is 13.2. The molecule has 2 aromatic carbocycles. The van der Waals surface area contributed by atoms with Crippen LogP contribution >= 0.6 is 0 Å². The van der Waals surface area contributed by atoms with Gasteiger partial charge in [-0.2, -0.15) is 0 Å². The molecule has 0 aliphatic rings. The number of halogens is 2. The van der Waals surface area contributed by atoms with Gasteiger partial charge in [-0.3, -0.25) is 0 Å². The number of hydrogen-bond acceptors (Lipinski definition) is 1. The molecule has 99 valence electrons. The van der Waals surface area contributed by atoms with Gasteiger partial charge in [0.1, 0.15) is 5.75 Å². The van der Waals surface area contributed by atoms with Crippen molar-refractivity contribution in [2.45, 2.75) is 20.3 Å². The van der Waals surface area contributed by atoms with Crippen molar-refractivity contribution in [3.05, 3.63) is 53.6 Å². The Hall–Kier alpha value is -1.90. The lowest BCUT2D eigenvalue weighted by Gasteiger charge is -2.12. The highest BCUT2D eigenvalue weighted by Crippen LogP contribution is 2.34. The predicted molar refractivity (Wildman–Crippen MR) is 71.6 cm³/mol. The summed E-state index contributed by atoms with van der Waals surface area (Å²) in [6.45, 7) is 4.17. The SMILES string of the molecule is CCOc1ccc(-c2[c]c(C)ccc2)c(C(F)F)c1. The van der Waals surface area contributed by atoms with Gasteiger partial charge in [0.25, 0.3) is 6.43 Å². The molecule has 1 nitrogen and oxygen atoms in total. The zero-order chi connectivity index (χ0) is 13.8. The first-order valence-corrected chi connectivity index (χ1v) is 6.16. The van der Waals surface area contributed by atoms with Crippen molar-refractivity contribution in [2.24, 2.45) is 0 Å². The van der Waals surface area contributed by atoms with Gasteiger partial charge in [-0.05, 0) is 48.7 Å². The third-order valence-electron chi connectivity index (χ3n) is 2.80. The van der Waals surface area contributed by atoms with E-state index in [1.165, 1.54) is 6.07 Å². The molecule has 3 heteroatoms. The molecular formula is C16H15F2O. The van der Waals surface area contributed by atoms with Crippen LogP contribution in [0.1, 0.15) is 24.5 Å². The summed E-state index contributed by atoms with van der Waals surface area (Å²) in [5, 5.41) is 0. The highest BCUT2D eigenvalue weighted by molar-refractivity contribution is 5.68. The third kappa shape index (κ3) is 3.11. The molecule has 0 atom stereocenters. The summed E-state index contributed by atoms with van der Waals surface area (Å²) in [4.78, 5) is 0. The van der Waals surface area contributed by atoms with Crippen LogP contribution in [0.3, 0.4) is 0 Å². The fourth-order valence-electron chi connectivity index (χ4n) is 1.96. The van der Waals surface area contributed by atoms with Gasteiger partial charge in [0.15, 0.2) is 0 Å². The molecule has 0 N–H and O–H groups in total. The molecule has 0 aliphatic heterocycles. The minimum Gasteiger partial charge on any atom is -0.494 e. The van der Waals surface area contributed by atoms with Crippen LogP contribution in [-0.2, 0) is 0 Å². The van der Waals surface area contributed by atoms with Gasteiger partial charge < -0.3 is 4.74 Å². The van der Waals surface area contributed by atoms with Crippen LogP contribution < -0.4 is 4.74 Å². The van der Waals surface area contributed by atoms with Crippen LogP contribution in [0.25, 0.3) is 11.1 Å². The number of alkyl halides is 2. The van der Waals surface area contributed by atoms with E-state index in [-0.39, 0.29) is 5.56 Å². The molecule has 0 heterocycles. The van der Waals surface area contributed by atoms with Crippen molar-refractivity contribution >= 4 is 0 Å². The van der Waals surface area contributed by atoms with Gasteiger partial charge >= 0.3 is 0 Å². The Morgan fingerprint density at radius 2 is 2.00 bits per heavy atom. The van der Waals surface area contributed by atoms with E-state index in [0.717, 1.165) is 5.56 Å². The molecule has 0 saturated carbocycles. The highest BCUT2D eigenvalue weighted by atomic mass is 19.3. The summed E-state index contributed by atoms with van der Waals surface area (Å²) in [5.41, 5.74) is 2.08. The Kier molecular flexibility index (Phi) is 4.15. The maximum Gasteiger partial charge on any atom is 0.264 e. The molecule has 1 radical (unpaired) electrons. The fourth-order valence-corrected chi connectivity index (χ4v) is 1.96. The van der Waals surface area contributed by atoms with Crippen LogP contribution in [0, 0.1) is 13.0 Å². The van der Waals surface area contributed by atoms with E-state index >= 15 is 0 Å². The quantitative estimate of drug-likeness (QED) is 0.768. The van der Waals surface area contributed by atoms with E-state index in [0.29, 0.717) is 23.5 Å². The average molecular weight is 261 g/mol. The molecule has 2 aromatic rings. The molecule has 0 fully saturated rings. The molecule has 19 heavy (non-hydrogen) atoms. The van der Waals surface area contributed by atoms with Gasteiger partial charge in [-0.15, -0.1) is 0 Å². The molecule has 0 aliphatic carbocycles. The van der Waals surface area contributed by atoms with Gasteiger partial charge in [0.2, 0.25) is 0 Å². The lowest BCUT2D eigenvalue weighted by atomic mass is 9.98.